The maximum atomic E-state index is 11.3. The molecule has 5 rings (SSSR count). The standard InChI is InChI=1S/C27H23N3O4S/c1-16-15-17(26(31)32)10-11-18(16)21-12-13-23(34-21)25-24(19-7-5-6-14-28-19)29-27(35)30(25)20-8-3-4-9-22(20)33-2/h3-15,24-25H,1-2H3,(H,29,35)(H,31,32)/t24-,25+/m1/s1. The van der Waals surface area contributed by atoms with E-state index >= 15 is 0 Å². The van der Waals surface area contributed by atoms with Crippen molar-refractivity contribution in [2.24, 2.45) is 0 Å². The summed E-state index contributed by atoms with van der Waals surface area (Å²) in [6.07, 6.45) is 1.75. The summed E-state index contributed by atoms with van der Waals surface area (Å²) in [6, 6.07) is 21.7. The molecule has 1 aliphatic heterocycles. The van der Waals surface area contributed by atoms with Crippen molar-refractivity contribution in [1.29, 1.82) is 0 Å². The maximum Gasteiger partial charge on any atom is 0.335 e. The summed E-state index contributed by atoms with van der Waals surface area (Å²) < 4.78 is 12.0. The number of aromatic nitrogens is 1. The molecule has 8 heteroatoms. The summed E-state index contributed by atoms with van der Waals surface area (Å²) in [5, 5.41) is 13.2. The number of para-hydroxylation sites is 2. The molecule has 0 unspecified atom stereocenters. The lowest BCUT2D eigenvalue weighted by atomic mass is 10.0. The number of ether oxygens (including phenoxy) is 1. The number of pyridine rings is 1. The molecule has 2 atom stereocenters. The highest BCUT2D eigenvalue weighted by atomic mass is 32.1. The minimum atomic E-state index is -0.962. The van der Waals surface area contributed by atoms with Gasteiger partial charge in [-0.05, 0) is 73.2 Å². The van der Waals surface area contributed by atoms with Gasteiger partial charge in [0.15, 0.2) is 5.11 Å². The molecule has 2 N–H and O–H groups in total. The molecule has 2 aromatic heterocycles. The first kappa shape index (κ1) is 22.6. The highest BCUT2D eigenvalue weighted by Crippen LogP contribution is 2.45. The number of anilines is 1. The first-order chi connectivity index (χ1) is 17.0. The molecular weight excluding hydrogens is 462 g/mol. The minimum Gasteiger partial charge on any atom is -0.495 e. The van der Waals surface area contributed by atoms with Crippen LogP contribution in [0.1, 0.15) is 39.5 Å². The van der Waals surface area contributed by atoms with Crippen LogP contribution in [-0.4, -0.2) is 28.3 Å². The lowest BCUT2D eigenvalue weighted by Gasteiger charge is -2.27. The average Bonchev–Trinajstić information content (AvgIpc) is 3.48. The lowest BCUT2D eigenvalue weighted by Crippen LogP contribution is -2.29. The quantitative estimate of drug-likeness (QED) is 0.345. The molecular formula is C27H23N3O4S. The fourth-order valence-electron chi connectivity index (χ4n) is 4.46. The number of aromatic carboxylic acids is 1. The molecule has 35 heavy (non-hydrogen) atoms. The fraction of sp³-hybridized carbons (Fsp3) is 0.148. The minimum absolute atomic E-state index is 0.237. The molecule has 1 saturated heterocycles. The summed E-state index contributed by atoms with van der Waals surface area (Å²) in [5.41, 5.74) is 3.52. The van der Waals surface area contributed by atoms with Crippen LogP contribution in [0.2, 0.25) is 0 Å². The van der Waals surface area contributed by atoms with Crippen LogP contribution in [0, 0.1) is 6.92 Å². The molecule has 0 aliphatic carbocycles. The van der Waals surface area contributed by atoms with Crippen molar-refractivity contribution in [1.82, 2.24) is 10.3 Å². The monoisotopic (exact) mass is 485 g/mol. The van der Waals surface area contributed by atoms with E-state index in [2.05, 4.69) is 10.3 Å². The number of benzene rings is 2. The largest absolute Gasteiger partial charge is 0.495 e. The van der Waals surface area contributed by atoms with Gasteiger partial charge in [0, 0.05) is 11.8 Å². The van der Waals surface area contributed by atoms with E-state index in [-0.39, 0.29) is 17.6 Å². The fourth-order valence-corrected chi connectivity index (χ4v) is 4.80. The van der Waals surface area contributed by atoms with Crippen LogP contribution >= 0.6 is 12.2 Å². The van der Waals surface area contributed by atoms with Gasteiger partial charge in [-0.3, -0.25) is 4.98 Å². The molecule has 0 radical (unpaired) electrons. The van der Waals surface area contributed by atoms with Crippen molar-refractivity contribution in [3.8, 4) is 17.1 Å². The SMILES string of the molecule is COc1ccccc1N1C(=S)N[C@H](c2ccccn2)[C@@H]1c1ccc(-c2ccc(C(=O)O)cc2C)o1. The Bertz CT molecular complexity index is 1400. The van der Waals surface area contributed by atoms with Crippen LogP contribution < -0.4 is 15.0 Å². The van der Waals surface area contributed by atoms with Gasteiger partial charge < -0.3 is 24.5 Å². The normalized spacial score (nSPS) is 17.3. The van der Waals surface area contributed by atoms with Gasteiger partial charge in [-0.25, -0.2) is 4.79 Å². The van der Waals surface area contributed by atoms with Crippen molar-refractivity contribution in [3.63, 3.8) is 0 Å². The Labute approximate surface area is 208 Å². The number of furan rings is 1. The van der Waals surface area contributed by atoms with Gasteiger partial charge in [0.2, 0.25) is 0 Å². The van der Waals surface area contributed by atoms with E-state index in [0.717, 1.165) is 22.5 Å². The summed E-state index contributed by atoms with van der Waals surface area (Å²) in [4.78, 5) is 17.9. The number of thiocarbonyl (C=S) groups is 1. The first-order valence-corrected chi connectivity index (χ1v) is 11.5. The smallest absolute Gasteiger partial charge is 0.335 e. The van der Waals surface area contributed by atoms with Crippen LogP contribution in [0.4, 0.5) is 5.69 Å². The van der Waals surface area contributed by atoms with Crippen LogP contribution in [0.3, 0.4) is 0 Å². The van der Waals surface area contributed by atoms with Crippen LogP contribution in [-0.2, 0) is 0 Å². The van der Waals surface area contributed by atoms with Crippen molar-refractivity contribution < 1.29 is 19.1 Å². The third kappa shape index (κ3) is 4.13. The molecule has 176 valence electrons. The number of hydrogen-bond acceptors (Lipinski definition) is 5. The third-order valence-corrected chi connectivity index (χ3v) is 6.41. The molecule has 0 amide bonds. The zero-order chi connectivity index (χ0) is 24.5. The summed E-state index contributed by atoms with van der Waals surface area (Å²) in [7, 11) is 1.63. The second-order valence-corrected chi connectivity index (χ2v) is 8.59. The molecule has 0 bridgehead atoms. The van der Waals surface area contributed by atoms with Crippen molar-refractivity contribution in [3.05, 3.63) is 102 Å². The van der Waals surface area contributed by atoms with Gasteiger partial charge in [-0.15, -0.1) is 0 Å². The van der Waals surface area contributed by atoms with E-state index in [1.165, 1.54) is 0 Å². The van der Waals surface area contributed by atoms with E-state index in [1.54, 1.807) is 31.5 Å². The lowest BCUT2D eigenvalue weighted by molar-refractivity contribution is 0.0696. The number of hydrogen-bond donors (Lipinski definition) is 2. The molecule has 4 aromatic rings. The number of nitrogens with zero attached hydrogens (tertiary/aromatic N) is 2. The number of nitrogens with one attached hydrogen (secondary N) is 1. The predicted molar refractivity (Wildman–Crippen MR) is 137 cm³/mol. The Morgan fingerprint density at radius 2 is 1.91 bits per heavy atom. The van der Waals surface area contributed by atoms with Gasteiger partial charge in [0.1, 0.15) is 23.3 Å². The van der Waals surface area contributed by atoms with E-state index in [4.69, 9.17) is 21.4 Å². The number of carbonyl (C=O) groups is 1. The zero-order valence-corrected chi connectivity index (χ0v) is 20.0. The van der Waals surface area contributed by atoms with Gasteiger partial charge in [-0.1, -0.05) is 24.3 Å². The van der Waals surface area contributed by atoms with Crippen LogP contribution in [0.25, 0.3) is 11.3 Å². The van der Waals surface area contributed by atoms with Gasteiger partial charge in [0.25, 0.3) is 0 Å². The van der Waals surface area contributed by atoms with Crippen LogP contribution in [0.15, 0.2) is 83.4 Å². The zero-order valence-electron chi connectivity index (χ0n) is 19.1. The van der Waals surface area contributed by atoms with Crippen molar-refractivity contribution in [2.45, 2.75) is 19.0 Å². The Kier molecular flexibility index (Phi) is 5.96. The second-order valence-electron chi connectivity index (χ2n) is 8.21. The first-order valence-electron chi connectivity index (χ1n) is 11.1. The second kappa shape index (κ2) is 9.23. The van der Waals surface area contributed by atoms with Gasteiger partial charge >= 0.3 is 5.97 Å². The topological polar surface area (TPSA) is 87.8 Å². The highest BCUT2D eigenvalue weighted by molar-refractivity contribution is 7.80. The number of carboxylic acids is 1. The van der Waals surface area contributed by atoms with Crippen molar-refractivity contribution in [2.75, 3.05) is 12.0 Å². The molecule has 2 aromatic carbocycles. The van der Waals surface area contributed by atoms with Crippen LogP contribution in [0.5, 0.6) is 5.75 Å². The molecule has 3 heterocycles. The third-order valence-electron chi connectivity index (χ3n) is 6.10. The number of methoxy groups -OCH3 is 1. The van der Waals surface area contributed by atoms with Gasteiger partial charge in [-0.2, -0.15) is 0 Å². The molecule has 1 fully saturated rings. The number of rotatable bonds is 6. The summed E-state index contributed by atoms with van der Waals surface area (Å²) >= 11 is 5.78. The Morgan fingerprint density at radius 1 is 1.11 bits per heavy atom. The Hall–Kier alpha value is -4.17. The highest BCUT2D eigenvalue weighted by Gasteiger charge is 2.43. The predicted octanol–water partition coefficient (Wildman–Crippen LogP) is 5.53. The average molecular weight is 486 g/mol. The maximum absolute atomic E-state index is 11.3. The van der Waals surface area contributed by atoms with Gasteiger partial charge in [0.05, 0.1) is 30.1 Å². The molecule has 0 spiro atoms. The summed E-state index contributed by atoms with van der Waals surface area (Å²) in [5.74, 6) is 1.06. The molecule has 1 aliphatic rings. The van der Waals surface area contributed by atoms with E-state index in [1.807, 2.05) is 66.4 Å². The Morgan fingerprint density at radius 3 is 2.63 bits per heavy atom. The molecule has 7 nitrogen and oxygen atoms in total. The number of aryl methyl sites for hydroxylation is 1. The van der Waals surface area contributed by atoms with E-state index in [9.17, 15) is 9.90 Å². The van der Waals surface area contributed by atoms with Crippen molar-refractivity contribution >= 4 is 29.0 Å². The van der Waals surface area contributed by atoms with E-state index in [0.29, 0.717) is 22.4 Å². The number of carboxylic acid groups (broad SMARTS) is 1. The summed E-state index contributed by atoms with van der Waals surface area (Å²) in [6.45, 7) is 1.87. The van der Waals surface area contributed by atoms with E-state index < -0.39 is 5.97 Å². The Balaban J connectivity index is 1.61. The molecule has 0 saturated carbocycles.